The molecule has 0 saturated carbocycles. The summed E-state index contributed by atoms with van der Waals surface area (Å²) < 4.78 is 0. The molecule has 5 amide bonds. The fourth-order valence-electron chi connectivity index (χ4n) is 3.03. The number of hydrogen-bond acceptors (Lipinski definition) is 9. The number of rotatable bonds is 5. The lowest BCUT2D eigenvalue weighted by Gasteiger charge is -2.31. The highest BCUT2D eigenvalue weighted by Crippen LogP contribution is 2.22. The van der Waals surface area contributed by atoms with Crippen molar-refractivity contribution in [3.63, 3.8) is 0 Å². The third-order valence-electron chi connectivity index (χ3n) is 4.99. The van der Waals surface area contributed by atoms with Gasteiger partial charge in [-0.1, -0.05) is 13.8 Å². The molecule has 192 valence electrons. The molecule has 0 radical (unpaired) electrons. The van der Waals surface area contributed by atoms with Crippen LogP contribution in [0.1, 0.15) is 27.2 Å². The number of amides is 5. The molecule has 0 aromatic heterocycles. The number of carbonyl (C=O) groups is 6. The van der Waals surface area contributed by atoms with Crippen LogP contribution in [0.2, 0.25) is 0 Å². The van der Waals surface area contributed by atoms with Gasteiger partial charge in [0, 0.05) is 5.75 Å². The largest absolute Gasteiger partial charge is 0.480 e. The summed E-state index contributed by atoms with van der Waals surface area (Å²) in [5, 5.41) is 27.4. The number of carbonyl (C=O) groups excluding carboxylic acids is 5. The predicted octanol–water partition coefficient (Wildman–Crippen LogP) is -4.00. The zero-order chi connectivity index (χ0) is 26.2. The number of aliphatic hydroxyl groups excluding tert-OH is 1. The van der Waals surface area contributed by atoms with Gasteiger partial charge < -0.3 is 42.9 Å². The molecule has 6 atom stereocenters. The van der Waals surface area contributed by atoms with Gasteiger partial charge in [0.25, 0.3) is 0 Å². The predicted molar refractivity (Wildman–Crippen MR) is 121 cm³/mol. The van der Waals surface area contributed by atoms with Gasteiger partial charge >= 0.3 is 5.97 Å². The molecule has 10 N–H and O–H groups in total. The van der Waals surface area contributed by atoms with Crippen LogP contribution in [0.5, 0.6) is 0 Å². The van der Waals surface area contributed by atoms with Crippen molar-refractivity contribution in [3.05, 3.63) is 0 Å². The van der Waals surface area contributed by atoms with Crippen LogP contribution in [0, 0.1) is 5.92 Å². The van der Waals surface area contributed by atoms with Gasteiger partial charge in [-0.25, -0.2) is 0 Å². The van der Waals surface area contributed by atoms with Crippen molar-refractivity contribution in [2.75, 3.05) is 12.4 Å². The monoisotopic (exact) mass is 504 g/mol. The molecule has 34 heavy (non-hydrogen) atoms. The molecule has 0 aliphatic carbocycles. The molecule has 1 aliphatic heterocycles. The van der Waals surface area contributed by atoms with Gasteiger partial charge in [0.1, 0.15) is 23.4 Å². The highest BCUT2D eigenvalue weighted by atomic mass is 32.2. The summed E-state index contributed by atoms with van der Waals surface area (Å²) in [4.78, 5) is 73.7. The standard InChI is InChI=1S/C19H32N6O8S/c1-7(2)13-14(19(32)33)34-6-9(20)16(29)24-11(5-26)18(31)22-8(3)15(28)23-10(4-12(21)27)17(30)25-13/h7-11,13-14,26H,4-6,20H2,1-3H3,(H2,21,27)(H,22,31)(H,23,28)(H,24,29)(H,25,30)(H,32,33)/t8-,9-,10?,11?,13+,14?/m0/s1. The van der Waals surface area contributed by atoms with Gasteiger partial charge in [0.15, 0.2) is 0 Å². The average Bonchev–Trinajstić information content (AvgIpc) is 2.74. The first-order chi connectivity index (χ1) is 15.8. The van der Waals surface area contributed by atoms with E-state index >= 15 is 0 Å². The van der Waals surface area contributed by atoms with E-state index in [1.165, 1.54) is 6.92 Å². The zero-order valence-corrected chi connectivity index (χ0v) is 19.9. The lowest BCUT2D eigenvalue weighted by Crippen LogP contribution is -2.60. The first-order valence-electron chi connectivity index (χ1n) is 10.5. The summed E-state index contributed by atoms with van der Waals surface area (Å²) in [6.07, 6.45) is -0.575. The van der Waals surface area contributed by atoms with Gasteiger partial charge in [-0.15, -0.1) is 11.8 Å². The lowest BCUT2D eigenvalue weighted by molar-refractivity contribution is -0.138. The third kappa shape index (κ3) is 8.46. The van der Waals surface area contributed by atoms with E-state index in [0.717, 1.165) is 11.8 Å². The molecule has 1 fully saturated rings. The molecule has 0 bridgehead atoms. The molecule has 1 rings (SSSR count). The minimum Gasteiger partial charge on any atom is -0.480 e. The molecule has 14 nitrogen and oxygen atoms in total. The lowest BCUT2D eigenvalue weighted by atomic mass is 9.99. The first kappa shape index (κ1) is 29.1. The number of carboxylic acid groups (broad SMARTS) is 1. The maximum atomic E-state index is 12.9. The number of thioether (sulfide) groups is 1. The Labute approximate surface area is 200 Å². The molecule has 0 spiro atoms. The van der Waals surface area contributed by atoms with Crippen molar-refractivity contribution in [2.45, 2.75) is 62.7 Å². The number of carboxylic acids is 1. The minimum atomic E-state index is -1.44. The summed E-state index contributed by atoms with van der Waals surface area (Å²) in [5.74, 6) is -6.18. The van der Waals surface area contributed by atoms with Crippen molar-refractivity contribution in [1.82, 2.24) is 21.3 Å². The first-order valence-corrected chi connectivity index (χ1v) is 11.5. The van der Waals surface area contributed by atoms with Crippen LogP contribution in [0.15, 0.2) is 0 Å². The van der Waals surface area contributed by atoms with Crippen LogP contribution >= 0.6 is 11.8 Å². The number of hydrogen-bond donors (Lipinski definition) is 8. The fraction of sp³-hybridized carbons (Fsp3) is 0.684. The second kappa shape index (κ2) is 13.1. The SMILES string of the molecule is CC(C)[C@H]1NC(=O)C(CC(N)=O)NC(=O)[C@H](C)NC(=O)C(CO)NC(=O)[C@@H](N)CSC1C(=O)O. The Morgan fingerprint density at radius 3 is 2.06 bits per heavy atom. The molecule has 1 aliphatic rings. The van der Waals surface area contributed by atoms with E-state index in [1.54, 1.807) is 13.8 Å². The summed E-state index contributed by atoms with van der Waals surface area (Å²) in [6.45, 7) is 3.81. The second-order valence-corrected chi connectivity index (χ2v) is 9.36. The van der Waals surface area contributed by atoms with Gasteiger partial charge in [-0.2, -0.15) is 0 Å². The smallest absolute Gasteiger partial charge is 0.318 e. The number of primary amides is 1. The second-order valence-electron chi connectivity index (χ2n) is 8.18. The molecular formula is C19H32N6O8S. The average molecular weight is 505 g/mol. The van der Waals surface area contributed by atoms with E-state index in [4.69, 9.17) is 11.5 Å². The van der Waals surface area contributed by atoms with Crippen LogP contribution in [-0.4, -0.2) is 93.5 Å². The van der Waals surface area contributed by atoms with Crippen molar-refractivity contribution < 1.29 is 39.0 Å². The highest BCUT2D eigenvalue weighted by Gasteiger charge is 2.36. The van der Waals surface area contributed by atoms with Crippen LogP contribution in [0.25, 0.3) is 0 Å². The van der Waals surface area contributed by atoms with Crippen LogP contribution < -0.4 is 32.7 Å². The number of nitrogens with two attached hydrogens (primary N) is 2. The van der Waals surface area contributed by atoms with E-state index in [0.29, 0.717) is 0 Å². The molecule has 1 heterocycles. The number of aliphatic carboxylic acids is 1. The molecule has 1 saturated heterocycles. The molecule has 0 aromatic carbocycles. The van der Waals surface area contributed by atoms with E-state index < -0.39 is 89.9 Å². The Morgan fingerprint density at radius 2 is 1.56 bits per heavy atom. The number of aliphatic hydroxyl groups is 1. The maximum Gasteiger partial charge on any atom is 0.318 e. The van der Waals surface area contributed by atoms with E-state index in [1.807, 2.05) is 0 Å². The van der Waals surface area contributed by atoms with Crippen LogP contribution in [0.3, 0.4) is 0 Å². The third-order valence-corrected chi connectivity index (χ3v) is 6.40. The summed E-state index contributed by atoms with van der Waals surface area (Å²) in [7, 11) is 0. The normalized spacial score (nSPS) is 30.1. The topological polar surface area (TPSA) is 243 Å². The van der Waals surface area contributed by atoms with E-state index in [-0.39, 0.29) is 5.75 Å². The quantitative estimate of drug-likeness (QED) is 0.180. The van der Waals surface area contributed by atoms with Gasteiger partial charge in [-0.05, 0) is 12.8 Å². The highest BCUT2D eigenvalue weighted by molar-refractivity contribution is 8.00. The van der Waals surface area contributed by atoms with Gasteiger partial charge in [0.2, 0.25) is 29.5 Å². The zero-order valence-electron chi connectivity index (χ0n) is 19.1. The molecule has 15 heteroatoms. The Balaban J connectivity index is 3.37. The summed E-state index contributed by atoms with van der Waals surface area (Å²) >= 11 is 0.799. The Morgan fingerprint density at radius 1 is 1.00 bits per heavy atom. The Hall–Kier alpha value is -2.91. The van der Waals surface area contributed by atoms with Crippen molar-refractivity contribution in [3.8, 4) is 0 Å². The van der Waals surface area contributed by atoms with Crippen LogP contribution in [0.4, 0.5) is 0 Å². The number of nitrogens with one attached hydrogen (secondary N) is 4. The summed E-state index contributed by atoms with van der Waals surface area (Å²) in [6, 6.07) is -6.31. The van der Waals surface area contributed by atoms with Crippen molar-refractivity contribution in [1.29, 1.82) is 0 Å². The van der Waals surface area contributed by atoms with Crippen LogP contribution in [-0.2, 0) is 28.8 Å². The van der Waals surface area contributed by atoms with Gasteiger partial charge in [-0.3, -0.25) is 28.8 Å². The molecule has 3 unspecified atom stereocenters. The Bertz CT molecular complexity index is 810. The molecule has 0 aromatic rings. The Kier molecular flexibility index (Phi) is 11.2. The van der Waals surface area contributed by atoms with E-state index in [2.05, 4.69) is 21.3 Å². The molecular weight excluding hydrogens is 472 g/mol. The van der Waals surface area contributed by atoms with E-state index in [9.17, 15) is 39.0 Å². The maximum absolute atomic E-state index is 12.9. The van der Waals surface area contributed by atoms with Gasteiger partial charge in [0.05, 0.1) is 25.1 Å². The van der Waals surface area contributed by atoms with Crippen molar-refractivity contribution >= 4 is 47.3 Å². The van der Waals surface area contributed by atoms with Crippen molar-refractivity contribution in [2.24, 2.45) is 17.4 Å². The minimum absolute atomic E-state index is 0.181. The summed E-state index contributed by atoms with van der Waals surface area (Å²) in [5.41, 5.74) is 11.0. The fourth-order valence-corrected chi connectivity index (χ4v) is 4.33.